The quantitative estimate of drug-likeness (QED) is 0.715. The van der Waals surface area contributed by atoms with Gasteiger partial charge in [0, 0.05) is 31.0 Å². The van der Waals surface area contributed by atoms with Crippen molar-refractivity contribution < 1.29 is 19.5 Å². The number of carboxylic acids is 1. The van der Waals surface area contributed by atoms with Crippen molar-refractivity contribution in [2.45, 2.75) is 71.4 Å². The summed E-state index contributed by atoms with van der Waals surface area (Å²) in [6.07, 6.45) is 4.21. The molecule has 2 N–H and O–H groups in total. The highest BCUT2D eigenvalue weighted by atomic mass is 16.4. The summed E-state index contributed by atoms with van der Waals surface area (Å²) >= 11 is 0. The van der Waals surface area contributed by atoms with Crippen molar-refractivity contribution in [3.05, 3.63) is 0 Å². The Morgan fingerprint density at radius 1 is 1.18 bits per heavy atom. The molecule has 0 spiro atoms. The van der Waals surface area contributed by atoms with E-state index in [-0.39, 0.29) is 49.2 Å². The Morgan fingerprint density at radius 2 is 1.77 bits per heavy atom. The lowest BCUT2D eigenvalue weighted by atomic mass is 10.1. The van der Waals surface area contributed by atoms with Crippen LogP contribution in [0.5, 0.6) is 0 Å². The van der Waals surface area contributed by atoms with E-state index in [4.69, 9.17) is 5.11 Å². The van der Waals surface area contributed by atoms with Gasteiger partial charge in [0.15, 0.2) is 0 Å². The van der Waals surface area contributed by atoms with Gasteiger partial charge >= 0.3 is 5.97 Å². The second kappa shape index (κ2) is 8.76. The minimum Gasteiger partial charge on any atom is -0.481 e. The number of hydrogen-bond acceptors (Lipinski definition) is 3. The summed E-state index contributed by atoms with van der Waals surface area (Å²) in [5.41, 5.74) is 0. The van der Waals surface area contributed by atoms with Crippen LogP contribution in [0.15, 0.2) is 0 Å². The Bertz CT molecular complexity index is 403. The Kier molecular flexibility index (Phi) is 7.35. The van der Waals surface area contributed by atoms with E-state index < -0.39 is 5.97 Å². The highest BCUT2D eigenvalue weighted by Crippen LogP contribution is 2.24. The van der Waals surface area contributed by atoms with Crippen LogP contribution in [-0.4, -0.2) is 46.4 Å². The van der Waals surface area contributed by atoms with Gasteiger partial charge in [-0.1, -0.05) is 12.8 Å². The van der Waals surface area contributed by atoms with Crippen LogP contribution in [0.4, 0.5) is 0 Å². The van der Waals surface area contributed by atoms with Crippen LogP contribution in [0.2, 0.25) is 0 Å². The molecule has 1 saturated carbocycles. The molecule has 1 fully saturated rings. The van der Waals surface area contributed by atoms with Crippen LogP contribution in [0.1, 0.15) is 59.3 Å². The van der Waals surface area contributed by atoms with Gasteiger partial charge in [-0.2, -0.15) is 0 Å². The molecule has 22 heavy (non-hydrogen) atoms. The molecule has 6 heteroatoms. The van der Waals surface area contributed by atoms with Gasteiger partial charge in [0.2, 0.25) is 11.8 Å². The molecule has 0 radical (unpaired) electrons. The summed E-state index contributed by atoms with van der Waals surface area (Å²) in [7, 11) is 0. The van der Waals surface area contributed by atoms with E-state index in [0.29, 0.717) is 0 Å². The van der Waals surface area contributed by atoms with Crippen LogP contribution < -0.4 is 5.32 Å². The molecular formula is C16H28N2O4. The Hall–Kier alpha value is -1.59. The fraction of sp³-hybridized carbons (Fsp3) is 0.812. The maximum atomic E-state index is 12.3. The number of carboxylic acid groups (broad SMARTS) is 1. The van der Waals surface area contributed by atoms with E-state index in [1.165, 1.54) is 0 Å². The van der Waals surface area contributed by atoms with E-state index in [2.05, 4.69) is 5.32 Å². The summed E-state index contributed by atoms with van der Waals surface area (Å²) in [5, 5.41) is 11.7. The third kappa shape index (κ3) is 6.03. The number of nitrogens with zero attached hydrogens (tertiary/aromatic N) is 1. The lowest BCUT2D eigenvalue weighted by Crippen LogP contribution is -2.43. The zero-order chi connectivity index (χ0) is 16.7. The van der Waals surface area contributed by atoms with Crippen molar-refractivity contribution in [2.75, 3.05) is 6.54 Å². The predicted octanol–water partition coefficient (Wildman–Crippen LogP) is 1.78. The third-order valence-electron chi connectivity index (χ3n) is 4.11. The molecule has 0 saturated heterocycles. The van der Waals surface area contributed by atoms with Gasteiger partial charge in [0.25, 0.3) is 0 Å². The van der Waals surface area contributed by atoms with Gasteiger partial charge in [-0.25, -0.2) is 0 Å². The number of rotatable bonds is 8. The van der Waals surface area contributed by atoms with Gasteiger partial charge in [-0.3, -0.25) is 14.4 Å². The van der Waals surface area contributed by atoms with Crippen LogP contribution >= 0.6 is 0 Å². The SMILES string of the molecule is CC(CC(=O)N(CCC(=O)O)C(C)C)NC(=O)C1CCCC1. The maximum absolute atomic E-state index is 12.3. The maximum Gasteiger partial charge on any atom is 0.305 e. The molecule has 1 atom stereocenters. The van der Waals surface area contributed by atoms with Crippen molar-refractivity contribution in [3.63, 3.8) is 0 Å². The predicted molar refractivity (Wildman–Crippen MR) is 83.3 cm³/mol. The second-order valence-corrected chi connectivity index (χ2v) is 6.42. The largest absolute Gasteiger partial charge is 0.481 e. The van der Waals surface area contributed by atoms with Crippen LogP contribution in [0, 0.1) is 5.92 Å². The number of carbonyl (C=O) groups is 3. The second-order valence-electron chi connectivity index (χ2n) is 6.42. The fourth-order valence-corrected chi connectivity index (χ4v) is 2.87. The zero-order valence-electron chi connectivity index (χ0n) is 13.8. The molecule has 1 aliphatic carbocycles. The lowest BCUT2D eigenvalue weighted by Gasteiger charge is -2.28. The lowest BCUT2D eigenvalue weighted by molar-refractivity contribution is -0.139. The minimum absolute atomic E-state index is 0.0411. The van der Waals surface area contributed by atoms with Crippen LogP contribution in [-0.2, 0) is 14.4 Å². The number of aliphatic carboxylic acids is 1. The van der Waals surface area contributed by atoms with Crippen molar-refractivity contribution >= 4 is 17.8 Å². The van der Waals surface area contributed by atoms with E-state index >= 15 is 0 Å². The highest BCUT2D eigenvalue weighted by Gasteiger charge is 2.25. The zero-order valence-corrected chi connectivity index (χ0v) is 13.8. The summed E-state index contributed by atoms with van der Waals surface area (Å²) < 4.78 is 0. The number of nitrogens with one attached hydrogen (secondary N) is 1. The molecule has 0 aromatic rings. The monoisotopic (exact) mass is 312 g/mol. The van der Waals surface area contributed by atoms with Crippen molar-refractivity contribution in [3.8, 4) is 0 Å². The van der Waals surface area contributed by atoms with Gasteiger partial charge in [0.1, 0.15) is 0 Å². The molecule has 0 heterocycles. The first-order valence-electron chi connectivity index (χ1n) is 8.13. The van der Waals surface area contributed by atoms with Gasteiger partial charge in [-0.05, 0) is 33.6 Å². The summed E-state index contributed by atoms with van der Waals surface area (Å²) in [6, 6.07) is -0.281. The molecule has 0 aromatic heterocycles. The minimum atomic E-state index is -0.916. The summed E-state index contributed by atoms with van der Waals surface area (Å²) in [5.74, 6) is -0.901. The van der Waals surface area contributed by atoms with E-state index in [1.54, 1.807) is 4.90 Å². The molecular weight excluding hydrogens is 284 g/mol. The highest BCUT2D eigenvalue weighted by molar-refractivity contribution is 5.81. The average molecular weight is 312 g/mol. The van der Waals surface area contributed by atoms with Gasteiger partial charge < -0.3 is 15.3 Å². The first kappa shape index (κ1) is 18.5. The molecule has 2 amide bonds. The standard InChI is InChI=1S/C16H28N2O4/c1-11(2)18(9-8-15(20)21)14(19)10-12(3)17-16(22)13-6-4-5-7-13/h11-13H,4-10H2,1-3H3,(H,17,22)(H,20,21). The molecule has 6 nitrogen and oxygen atoms in total. The van der Waals surface area contributed by atoms with Gasteiger partial charge in [0.05, 0.1) is 6.42 Å². The average Bonchev–Trinajstić information content (AvgIpc) is 2.91. The first-order chi connectivity index (χ1) is 10.3. The fourth-order valence-electron chi connectivity index (χ4n) is 2.87. The topological polar surface area (TPSA) is 86.7 Å². The molecule has 0 aromatic carbocycles. The summed E-state index contributed by atoms with van der Waals surface area (Å²) in [6.45, 7) is 5.75. The molecule has 1 rings (SSSR count). The van der Waals surface area contributed by atoms with Crippen LogP contribution in [0.25, 0.3) is 0 Å². The number of hydrogen-bond donors (Lipinski definition) is 2. The Labute approximate surface area is 132 Å². The van der Waals surface area contributed by atoms with Crippen LogP contribution in [0.3, 0.4) is 0 Å². The normalized spacial score (nSPS) is 16.5. The Balaban J connectivity index is 2.45. The third-order valence-corrected chi connectivity index (χ3v) is 4.11. The molecule has 126 valence electrons. The molecule has 1 unspecified atom stereocenters. The van der Waals surface area contributed by atoms with E-state index in [1.807, 2.05) is 20.8 Å². The van der Waals surface area contributed by atoms with Crippen molar-refractivity contribution in [1.82, 2.24) is 10.2 Å². The molecule has 1 aliphatic rings. The number of amides is 2. The number of carbonyl (C=O) groups excluding carboxylic acids is 2. The molecule has 0 aliphatic heterocycles. The first-order valence-corrected chi connectivity index (χ1v) is 8.13. The van der Waals surface area contributed by atoms with Gasteiger partial charge in [-0.15, -0.1) is 0 Å². The Morgan fingerprint density at radius 3 is 2.27 bits per heavy atom. The summed E-state index contributed by atoms with van der Waals surface area (Å²) in [4.78, 5) is 36.6. The van der Waals surface area contributed by atoms with E-state index in [0.717, 1.165) is 25.7 Å². The molecule has 0 bridgehead atoms. The van der Waals surface area contributed by atoms with Crippen molar-refractivity contribution in [2.24, 2.45) is 5.92 Å². The van der Waals surface area contributed by atoms with E-state index in [9.17, 15) is 14.4 Å². The smallest absolute Gasteiger partial charge is 0.305 e. The van der Waals surface area contributed by atoms with Crippen molar-refractivity contribution in [1.29, 1.82) is 0 Å².